The van der Waals surface area contributed by atoms with E-state index in [9.17, 15) is 4.79 Å². The summed E-state index contributed by atoms with van der Waals surface area (Å²) < 4.78 is 0. The normalized spacial score (nSPS) is 14.0. The molecule has 1 aliphatic carbocycles. The van der Waals surface area contributed by atoms with Crippen molar-refractivity contribution in [2.24, 2.45) is 0 Å². The third-order valence-corrected chi connectivity index (χ3v) is 5.73. The number of nitrogens with one attached hydrogen (secondary N) is 1. The Morgan fingerprint density at radius 3 is 2.65 bits per heavy atom. The molecule has 1 aliphatic rings. The van der Waals surface area contributed by atoms with Crippen LogP contribution in [0.5, 0.6) is 0 Å². The number of benzene rings is 2. The SMILES string of the molecule is O=C(NCCc1cccnc1)c1c2c(nc3ccccc13)/C(=C/c1ccccc1)CC2. The van der Waals surface area contributed by atoms with E-state index < -0.39 is 0 Å². The molecule has 0 saturated heterocycles. The van der Waals surface area contributed by atoms with Crippen molar-refractivity contribution in [2.75, 3.05) is 6.54 Å². The summed E-state index contributed by atoms with van der Waals surface area (Å²) in [5.74, 6) is -0.0281. The maximum Gasteiger partial charge on any atom is 0.252 e. The second kappa shape index (κ2) is 8.52. The maximum atomic E-state index is 13.3. The van der Waals surface area contributed by atoms with Crippen molar-refractivity contribution in [3.8, 4) is 0 Å². The molecule has 0 aliphatic heterocycles. The zero-order valence-corrected chi connectivity index (χ0v) is 17.2. The Hall–Kier alpha value is -3.79. The van der Waals surface area contributed by atoms with E-state index in [1.165, 1.54) is 5.57 Å². The van der Waals surface area contributed by atoms with Crippen LogP contribution in [0.4, 0.5) is 0 Å². The van der Waals surface area contributed by atoms with Gasteiger partial charge in [0.1, 0.15) is 0 Å². The van der Waals surface area contributed by atoms with Crippen LogP contribution >= 0.6 is 0 Å². The van der Waals surface area contributed by atoms with Gasteiger partial charge in [-0.25, -0.2) is 4.98 Å². The van der Waals surface area contributed by atoms with Gasteiger partial charge in [0.05, 0.1) is 16.8 Å². The fraction of sp³-hybridized carbons (Fsp3) is 0.148. The van der Waals surface area contributed by atoms with Gasteiger partial charge < -0.3 is 5.32 Å². The Kier molecular flexibility index (Phi) is 5.28. The molecule has 4 aromatic rings. The van der Waals surface area contributed by atoms with E-state index in [0.29, 0.717) is 6.54 Å². The van der Waals surface area contributed by atoms with Crippen molar-refractivity contribution in [1.82, 2.24) is 15.3 Å². The molecule has 0 bridgehead atoms. The Balaban J connectivity index is 1.49. The average Bonchev–Trinajstić information content (AvgIpc) is 3.20. The van der Waals surface area contributed by atoms with Crippen molar-refractivity contribution < 1.29 is 4.79 Å². The summed E-state index contributed by atoms with van der Waals surface area (Å²) in [6.45, 7) is 0.572. The van der Waals surface area contributed by atoms with E-state index in [2.05, 4.69) is 28.5 Å². The molecule has 2 aromatic heterocycles. The Bertz CT molecular complexity index is 1260. The number of nitrogens with zero attached hydrogens (tertiary/aromatic N) is 2. The van der Waals surface area contributed by atoms with Crippen molar-refractivity contribution in [1.29, 1.82) is 0 Å². The van der Waals surface area contributed by atoms with E-state index in [-0.39, 0.29) is 5.91 Å². The topological polar surface area (TPSA) is 54.9 Å². The minimum atomic E-state index is -0.0281. The molecule has 5 rings (SSSR count). The van der Waals surface area contributed by atoms with Crippen LogP contribution in [0.15, 0.2) is 79.1 Å². The summed E-state index contributed by atoms with van der Waals surface area (Å²) in [5.41, 5.74) is 7.10. The molecule has 31 heavy (non-hydrogen) atoms. The molecule has 4 heteroatoms. The molecule has 0 unspecified atom stereocenters. The lowest BCUT2D eigenvalue weighted by atomic mass is 10.00. The van der Waals surface area contributed by atoms with E-state index in [4.69, 9.17) is 4.98 Å². The molecule has 1 N–H and O–H groups in total. The molecule has 0 spiro atoms. The smallest absolute Gasteiger partial charge is 0.252 e. The lowest BCUT2D eigenvalue weighted by Crippen LogP contribution is -2.27. The molecule has 4 nitrogen and oxygen atoms in total. The van der Waals surface area contributed by atoms with Gasteiger partial charge in [0.15, 0.2) is 0 Å². The van der Waals surface area contributed by atoms with Gasteiger partial charge in [0.25, 0.3) is 5.91 Å². The fourth-order valence-corrected chi connectivity index (χ4v) is 4.24. The summed E-state index contributed by atoms with van der Waals surface area (Å²) in [5, 5.41) is 4.04. The molecule has 2 aromatic carbocycles. The third kappa shape index (κ3) is 3.97. The maximum absolute atomic E-state index is 13.3. The van der Waals surface area contributed by atoms with Gasteiger partial charge in [-0.05, 0) is 59.7 Å². The Morgan fingerprint density at radius 2 is 1.81 bits per heavy atom. The van der Waals surface area contributed by atoms with E-state index in [1.54, 1.807) is 6.20 Å². The minimum Gasteiger partial charge on any atom is -0.352 e. The van der Waals surface area contributed by atoms with E-state index >= 15 is 0 Å². The predicted octanol–water partition coefficient (Wildman–Crippen LogP) is 5.09. The summed E-state index contributed by atoms with van der Waals surface area (Å²) in [7, 11) is 0. The third-order valence-electron chi connectivity index (χ3n) is 5.73. The number of carbonyl (C=O) groups excluding carboxylic acids is 1. The monoisotopic (exact) mass is 405 g/mol. The number of amides is 1. The van der Waals surface area contributed by atoms with Gasteiger partial charge in [-0.1, -0.05) is 54.6 Å². The first-order valence-electron chi connectivity index (χ1n) is 10.6. The van der Waals surface area contributed by atoms with E-state index in [0.717, 1.165) is 58.1 Å². The van der Waals surface area contributed by atoms with Gasteiger partial charge in [-0.2, -0.15) is 0 Å². The van der Waals surface area contributed by atoms with Crippen LogP contribution in [0.25, 0.3) is 22.6 Å². The van der Waals surface area contributed by atoms with Gasteiger partial charge in [0, 0.05) is 24.3 Å². The molecule has 1 amide bonds. The molecular weight excluding hydrogens is 382 g/mol. The molecule has 0 saturated carbocycles. The summed E-state index contributed by atoms with van der Waals surface area (Å²) >= 11 is 0. The molecule has 0 fully saturated rings. The predicted molar refractivity (Wildman–Crippen MR) is 125 cm³/mol. The number of rotatable bonds is 5. The molecule has 0 radical (unpaired) electrons. The summed E-state index contributed by atoms with van der Waals surface area (Å²) in [6, 6.07) is 22.2. The largest absolute Gasteiger partial charge is 0.352 e. The number of carbonyl (C=O) groups is 1. The number of fused-ring (bicyclic) bond motifs is 2. The summed E-state index contributed by atoms with van der Waals surface area (Å²) in [4.78, 5) is 22.4. The molecule has 2 heterocycles. The van der Waals surface area contributed by atoms with Crippen molar-refractivity contribution in [2.45, 2.75) is 19.3 Å². The number of hydrogen-bond donors (Lipinski definition) is 1. The minimum absolute atomic E-state index is 0.0281. The van der Waals surface area contributed by atoms with Crippen LogP contribution in [0.3, 0.4) is 0 Å². The lowest BCUT2D eigenvalue weighted by molar-refractivity contribution is 0.0955. The first-order valence-corrected chi connectivity index (χ1v) is 10.6. The second-order valence-corrected chi connectivity index (χ2v) is 7.78. The average molecular weight is 406 g/mol. The number of hydrogen-bond acceptors (Lipinski definition) is 3. The zero-order valence-electron chi connectivity index (χ0n) is 17.2. The van der Waals surface area contributed by atoms with Crippen LogP contribution in [0.1, 0.15) is 39.2 Å². The summed E-state index contributed by atoms with van der Waals surface area (Å²) in [6.07, 6.45) is 8.27. The van der Waals surface area contributed by atoms with Crippen molar-refractivity contribution >= 4 is 28.5 Å². The molecule has 0 atom stereocenters. The van der Waals surface area contributed by atoms with Crippen LogP contribution < -0.4 is 5.32 Å². The Labute approximate surface area is 181 Å². The van der Waals surface area contributed by atoms with Gasteiger partial charge in [-0.3, -0.25) is 9.78 Å². The molecular formula is C27H23N3O. The standard InChI is InChI=1S/C27H23N3O/c31-27(29-16-14-20-9-6-15-28-18-20)25-22-10-4-5-11-24(22)30-26-21(12-13-23(25)26)17-19-7-2-1-3-8-19/h1-11,15,17-18H,12-14,16H2,(H,29,31)/b21-17+. The van der Waals surface area contributed by atoms with Crippen LogP contribution in [-0.4, -0.2) is 22.4 Å². The fourth-order valence-electron chi connectivity index (χ4n) is 4.24. The lowest BCUT2D eigenvalue weighted by Gasteiger charge is -2.13. The van der Waals surface area contributed by atoms with Crippen LogP contribution in [-0.2, 0) is 12.8 Å². The van der Waals surface area contributed by atoms with Gasteiger partial charge in [-0.15, -0.1) is 0 Å². The number of para-hydroxylation sites is 1. The quantitative estimate of drug-likeness (QED) is 0.503. The Morgan fingerprint density at radius 1 is 0.968 bits per heavy atom. The first kappa shape index (κ1) is 19.2. The van der Waals surface area contributed by atoms with Gasteiger partial charge in [0.2, 0.25) is 0 Å². The number of aromatic nitrogens is 2. The highest BCUT2D eigenvalue weighted by Gasteiger charge is 2.26. The second-order valence-electron chi connectivity index (χ2n) is 7.78. The van der Waals surface area contributed by atoms with Crippen molar-refractivity contribution in [3.63, 3.8) is 0 Å². The van der Waals surface area contributed by atoms with Crippen molar-refractivity contribution in [3.05, 3.63) is 107 Å². The van der Waals surface area contributed by atoms with Gasteiger partial charge >= 0.3 is 0 Å². The zero-order chi connectivity index (χ0) is 21.0. The highest BCUT2D eigenvalue weighted by Crippen LogP contribution is 2.37. The number of allylic oxidation sites excluding steroid dienone is 1. The highest BCUT2D eigenvalue weighted by molar-refractivity contribution is 6.09. The highest BCUT2D eigenvalue weighted by atomic mass is 16.1. The number of pyridine rings is 2. The van der Waals surface area contributed by atoms with E-state index in [1.807, 2.05) is 60.8 Å². The first-order chi connectivity index (χ1) is 15.3. The van der Waals surface area contributed by atoms with Crippen LogP contribution in [0, 0.1) is 0 Å². The van der Waals surface area contributed by atoms with Crippen LogP contribution in [0.2, 0.25) is 0 Å². The molecule has 152 valence electrons.